The number of thiophene rings is 2. The fraction of sp³-hybridized carbons (Fsp3) is 0.400. The molecule has 0 fully saturated rings. The largest absolute Gasteiger partial charge is 0.355 e. The molecule has 2 atom stereocenters. The van der Waals surface area contributed by atoms with Gasteiger partial charge in [-0.05, 0) is 36.7 Å². The molecule has 0 saturated heterocycles. The second-order valence-electron chi connectivity index (χ2n) is 4.63. The van der Waals surface area contributed by atoms with Crippen molar-refractivity contribution in [2.75, 3.05) is 6.54 Å². The quantitative estimate of drug-likeness (QED) is 0.824. The second kappa shape index (κ2) is 7.57. The van der Waals surface area contributed by atoms with Gasteiger partial charge in [0, 0.05) is 28.8 Å². The van der Waals surface area contributed by atoms with Crippen LogP contribution in [0.2, 0.25) is 0 Å². The van der Waals surface area contributed by atoms with Crippen LogP contribution in [0.15, 0.2) is 35.0 Å². The Hall–Kier alpha value is -1.17. The number of rotatable bonds is 7. The lowest BCUT2D eigenvalue weighted by Crippen LogP contribution is -2.43. The average molecular weight is 308 g/mol. The van der Waals surface area contributed by atoms with E-state index in [9.17, 15) is 4.79 Å². The van der Waals surface area contributed by atoms with Crippen LogP contribution >= 0.6 is 22.7 Å². The smallest absolute Gasteiger partial charge is 0.236 e. The summed E-state index contributed by atoms with van der Waals surface area (Å²) in [5, 5.41) is 10.5. The molecule has 108 valence electrons. The topological polar surface area (TPSA) is 41.1 Å². The van der Waals surface area contributed by atoms with Gasteiger partial charge < -0.3 is 5.32 Å². The molecule has 2 unspecified atom stereocenters. The maximum atomic E-state index is 11.9. The van der Waals surface area contributed by atoms with E-state index >= 15 is 0 Å². The third-order valence-electron chi connectivity index (χ3n) is 3.07. The molecular formula is C15H20N2OS2. The summed E-state index contributed by atoms with van der Waals surface area (Å²) in [7, 11) is 0. The Morgan fingerprint density at radius 2 is 2.00 bits per heavy atom. The zero-order valence-corrected chi connectivity index (χ0v) is 13.4. The standard InChI is InChI=1S/C15H20N2OS2/c1-3-16-15(18)11(2)17-13(14-7-5-9-20-14)10-12-6-4-8-19-12/h4-9,11,13,17H,3,10H2,1-2H3,(H,16,18). The van der Waals surface area contributed by atoms with Gasteiger partial charge in [0.05, 0.1) is 6.04 Å². The molecule has 0 aliphatic heterocycles. The van der Waals surface area contributed by atoms with Gasteiger partial charge in [0.2, 0.25) is 5.91 Å². The Kier molecular flexibility index (Phi) is 5.76. The van der Waals surface area contributed by atoms with Crippen molar-refractivity contribution in [1.29, 1.82) is 0 Å². The molecular weight excluding hydrogens is 288 g/mol. The first-order chi connectivity index (χ1) is 9.70. The third-order valence-corrected chi connectivity index (χ3v) is 4.95. The van der Waals surface area contributed by atoms with E-state index in [4.69, 9.17) is 0 Å². The van der Waals surface area contributed by atoms with Crippen LogP contribution in [-0.2, 0) is 11.2 Å². The van der Waals surface area contributed by atoms with Gasteiger partial charge in [0.15, 0.2) is 0 Å². The lowest BCUT2D eigenvalue weighted by molar-refractivity contribution is -0.122. The van der Waals surface area contributed by atoms with Gasteiger partial charge in [-0.15, -0.1) is 22.7 Å². The van der Waals surface area contributed by atoms with E-state index in [0.29, 0.717) is 6.54 Å². The normalized spacial score (nSPS) is 13.9. The van der Waals surface area contributed by atoms with Gasteiger partial charge in [-0.2, -0.15) is 0 Å². The molecule has 0 bridgehead atoms. The molecule has 0 aliphatic rings. The SMILES string of the molecule is CCNC(=O)C(C)NC(Cc1cccs1)c1cccs1. The summed E-state index contributed by atoms with van der Waals surface area (Å²) in [4.78, 5) is 14.5. The third kappa shape index (κ3) is 4.16. The van der Waals surface area contributed by atoms with Gasteiger partial charge >= 0.3 is 0 Å². The number of nitrogens with one attached hydrogen (secondary N) is 2. The van der Waals surface area contributed by atoms with E-state index in [1.165, 1.54) is 9.75 Å². The lowest BCUT2D eigenvalue weighted by Gasteiger charge is -2.21. The van der Waals surface area contributed by atoms with Crippen molar-refractivity contribution in [3.8, 4) is 0 Å². The number of amides is 1. The molecule has 1 amide bonds. The Balaban J connectivity index is 2.05. The summed E-state index contributed by atoms with van der Waals surface area (Å²) >= 11 is 3.49. The van der Waals surface area contributed by atoms with Crippen LogP contribution in [0.25, 0.3) is 0 Å². The van der Waals surface area contributed by atoms with E-state index in [0.717, 1.165) is 6.42 Å². The van der Waals surface area contributed by atoms with E-state index in [-0.39, 0.29) is 18.0 Å². The minimum atomic E-state index is -0.193. The minimum absolute atomic E-state index is 0.0558. The van der Waals surface area contributed by atoms with Crippen molar-refractivity contribution in [1.82, 2.24) is 10.6 Å². The maximum absolute atomic E-state index is 11.9. The van der Waals surface area contributed by atoms with Crippen LogP contribution < -0.4 is 10.6 Å². The fourth-order valence-corrected chi connectivity index (χ4v) is 3.60. The summed E-state index contributed by atoms with van der Waals surface area (Å²) in [6.07, 6.45) is 0.919. The molecule has 20 heavy (non-hydrogen) atoms. The number of hydrogen-bond acceptors (Lipinski definition) is 4. The van der Waals surface area contributed by atoms with Crippen molar-refractivity contribution in [2.24, 2.45) is 0 Å². The first kappa shape index (κ1) is 15.2. The molecule has 0 radical (unpaired) electrons. The molecule has 5 heteroatoms. The molecule has 0 saturated carbocycles. The summed E-state index contributed by atoms with van der Waals surface area (Å²) in [5.74, 6) is 0.0558. The lowest BCUT2D eigenvalue weighted by atomic mass is 10.1. The van der Waals surface area contributed by atoms with Crippen molar-refractivity contribution in [2.45, 2.75) is 32.4 Å². The zero-order valence-electron chi connectivity index (χ0n) is 11.8. The molecule has 0 aliphatic carbocycles. The van der Waals surface area contributed by atoms with Crippen LogP contribution in [0, 0.1) is 0 Å². The molecule has 0 spiro atoms. The number of carbonyl (C=O) groups is 1. The Morgan fingerprint density at radius 3 is 2.60 bits per heavy atom. The Labute approximate surface area is 128 Å². The summed E-state index contributed by atoms with van der Waals surface area (Å²) in [6, 6.07) is 8.39. The molecule has 3 nitrogen and oxygen atoms in total. The summed E-state index contributed by atoms with van der Waals surface area (Å²) in [5.41, 5.74) is 0. The summed E-state index contributed by atoms with van der Waals surface area (Å²) in [6.45, 7) is 4.52. The van der Waals surface area contributed by atoms with Gasteiger partial charge in [-0.25, -0.2) is 0 Å². The van der Waals surface area contributed by atoms with E-state index < -0.39 is 0 Å². The first-order valence-corrected chi connectivity index (χ1v) is 8.56. The molecule has 2 rings (SSSR count). The van der Waals surface area contributed by atoms with Crippen LogP contribution in [-0.4, -0.2) is 18.5 Å². The highest BCUT2D eigenvalue weighted by Gasteiger charge is 2.20. The zero-order chi connectivity index (χ0) is 14.4. The second-order valence-corrected chi connectivity index (χ2v) is 6.65. The van der Waals surface area contributed by atoms with Gasteiger partial charge in [-0.1, -0.05) is 12.1 Å². The highest BCUT2D eigenvalue weighted by Crippen LogP contribution is 2.25. The minimum Gasteiger partial charge on any atom is -0.355 e. The van der Waals surface area contributed by atoms with Crippen LogP contribution in [0.5, 0.6) is 0 Å². The average Bonchev–Trinajstić information content (AvgIpc) is 3.11. The van der Waals surface area contributed by atoms with E-state index in [1.54, 1.807) is 22.7 Å². The fourth-order valence-electron chi connectivity index (χ4n) is 2.07. The van der Waals surface area contributed by atoms with Crippen LogP contribution in [0.1, 0.15) is 29.6 Å². The first-order valence-electron chi connectivity index (χ1n) is 6.80. The highest BCUT2D eigenvalue weighted by atomic mass is 32.1. The predicted molar refractivity (Wildman–Crippen MR) is 86.4 cm³/mol. The Bertz CT molecular complexity index is 508. The molecule has 2 heterocycles. The van der Waals surface area contributed by atoms with E-state index in [2.05, 4.69) is 45.7 Å². The monoisotopic (exact) mass is 308 g/mol. The van der Waals surface area contributed by atoms with Crippen molar-refractivity contribution < 1.29 is 4.79 Å². The predicted octanol–water partition coefficient (Wildman–Crippen LogP) is 3.21. The highest BCUT2D eigenvalue weighted by molar-refractivity contribution is 7.10. The number of likely N-dealkylation sites (N-methyl/N-ethyl adjacent to an activating group) is 1. The number of hydrogen-bond donors (Lipinski definition) is 2. The summed E-state index contributed by atoms with van der Waals surface area (Å²) < 4.78 is 0. The molecule has 0 aromatic carbocycles. The van der Waals surface area contributed by atoms with Crippen LogP contribution in [0.4, 0.5) is 0 Å². The number of carbonyl (C=O) groups excluding carboxylic acids is 1. The maximum Gasteiger partial charge on any atom is 0.236 e. The van der Waals surface area contributed by atoms with Crippen molar-refractivity contribution in [3.05, 3.63) is 44.8 Å². The van der Waals surface area contributed by atoms with Crippen molar-refractivity contribution >= 4 is 28.6 Å². The molecule has 2 aromatic rings. The van der Waals surface area contributed by atoms with E-state index in [1.807, 2.05) is 13.8 Å². The van der Waals surface area contributed by atoms with Gasteiger partial charge in [-0.3, -0.25) is 10.1 Å². The van der Waals surface area contributed by atoms with Gasteiger partial charge in [0.1, 0.15) is 0 Å². The molecule has 2 aromatic heterocycles. The molecule has 2 N–H and O–H groups in total. The van der Waals surface area contributed by atoms with Crippen LogP contribution in [0.3, 0.4) is 0 Å². The van der Waals surface area contributed by atoms with Gasteiger partial charge in [0.25, 0.3) is 0 Å². The Morgan fingerprint density at radius 1 is 1.25 bits per heavy atom. The van der Waals surface area contributed by atoms with Crippen molar-refractivity contribution in [3.63, 3.8) is 0 Å².